The van der Waals surface area contributed by atoms with Crippen molar-refractivity contribution in [1.29, 1.82) is 0 Å². The molecule has 5 rings (SSSR count). The number of nitrogens with one attached hydrogen (secondary N) is 1. The topological polar surface area (TPSA) is 59.4 Å². The Hall–Kier alpha value is -2.50. The highest BCUT2D eigenvalue weighted by Crippen LogP contribution is 2.34. The monoisotopic (exact) mass is 556 g/mol. The Labute approximate surface area is 220 Å². The molecule has 1 aliphatic heterocycles. The second-order valence-corrected chi connectivity index (χ2v) is 11.0. The Balaban J connectivity index is 1.26. The average molecular weight is 557 g/mol. The van der Waals surface area contributed by atoms with E-state index in [0.717, 1.165) is 42.8 Å². The lowest BCUT2D eigenvalue weighted by Gasteiger charge is -2.32. The lowest BCUT2D eigenvalue weighted by Crippen LogP contribution is -2.34. The number of fused-ring (bicyclic) bond motifs is 1. The molecular formula is C25H25ClF4N4O2S. The van der Waals surface area contributed by atoms with Gasteiger partial charge >= 0.3 is 6.36 Å². The van der Waals surface area contributed by atoms with E-state index >= 15 is 0 Å². The quantitative estimate of drug-likeness (QED) is 0.269. The number of alkyl halides is 3. The van der Waals surface area contributed by atoms with Crippen LogP contribution in [0.25, 0.3) is 10.9 Å². The van der Waals surface area contributed by atoms with Crippen molar-refractivity contribution in [3.63, 3.8) is 0 Å². The van der Waals surface area contributed by atoms with Crippen LogP contribution < -0.4 is 9.46 Å². The van der Waals surface area contributed by atoms with Crippen molar-refractivity contribution in [2.24, 2.45) is 0 Å². The van der Waals surface area contributed by atoms with Crippen LogP contribution in [0.5, 0.6) is 5.75 Å². The largest absolute Gasteiger partial charge is 0.573 e. The lowest BCUT2D eigenvalue weighted by molar-refractivity contribution is -0.274. The minimum absolute atomic E-state index is 0.00788. The molecule has 0 atom stereocenters. The molecule has 2 heterocycles. The second kappa shape index (κ2) is 10.3. The molecule has 12 heteroatoms. The fourth-order valence-electron chi connectivity index (χ4n) is 4.63. The van der Waals surface area contributed by atoms with Gasteiger partial charge in [-0.2, -0.15) is 5.10 Å². The van der Waals surface area contributed by atoms with Crippen molar-refractivity contribution in [3.05, 3.63) is 58.0 Å². The first kappa shape index (κ1) is 26.1. The fourth-order valence-corrected chi connectivity index (χ4v) is 5.63. The van der Waals surface area contributed by atoms with E-state index in [1.54, 1.807) is 12.1 Å². The molecule has 198 valence electrons. The van der Waals surface area contributed by atoms with Crippen molar-refractivity contribution < 1.29 is 27.1 Å². The van der Waals surface area contributed by atoms with Gasteiger partial charge in [-0.3, -0.25) is 19.1 Å². The van der Waals surface area contributed by atoms with Crippen molar-refractivity contribution in [1.82, 2.24) is 19.4 Å². The summed E-state index contributed by atoms with van der Waals surface area (Å²) >= 11 is 7.34. The normalized spacial score (nSPS) is 17.4. The number of carbonyl (C=O) groups is 1. The summed E-state index contributed by atoms with van der Waals surface area (Å²) in [4.78, 5) is 14.6. The first-order valence-corrected chi connectivity index (χ1v) is 13.2. The second-order valence-electron chi connectivity index (χ2n) is 9.48. The van der Waals surface area contributed by atoms with Gasteiger partial charge in [-0.15, -0.1) is 13.2 Å². The number of likely N-dealkylation sites (tertiary alicyclic amines) is 1. The molecule has 1 saturated heterocycles. The molecule has 1 amide bonds. The van der Waals surface area contributed by atoms with Gasteiger partial charge < -0.3 is 4.74 Å². The minimum atomic E-state index is -4.79. The van der Waals surface area contributed by atoms with Crippen molar-refractivity contribution in [2.45, 2.75) is 56.8 Å². The highest BCUT2D eigenvalue weighted by molar-refractivity contribution is 7.98. The Bertz CT molecular complexity index is 1320. The van der Waals surface area contributed by atoms with Crippen LogP contribution in [0.15, 0.2) is 30.3 Å². The van der Waals surface area contributed by atoms with Crippen LogP contribution in [0.4, 0.5) is 17.6 Å². The molecule has 0 unspecified atom stereocenters. The van der Waals surface area contributed by atoms with Gasteiger partial charge in [0, 0.05) is 41.4 Å². The predicted molar refractivity (Wildman–Crippen MR) is 134 cm³/mol. The number of nitrogens with zero attached hydrogens (tertiary/aromatic N) is 3. The standard InChI is InChI=1S/C25H25ClF4N4O2S/c1-14-20-11-21(24(35)32-37-19-2-3-19)22(27)12-23(20)34(31-14)17-4-6-33(7-5-17)13-15-8-16(26)10-18(9-15)36-25(28,29)30/h8-12,17,19H,2-7,13H2,1H3,(H,32,35). The number of hydrogen-bond donors (Lipinski definition) is 1. The van der Waals surface area contributed by atoms with E-state index in [4.69, 9.17) is 11.6 Å². The number of aromatic nitrogens is 2. The van der Waals surface area contributed by atoms with Crippen LogP contribution in [0.1, 0.15) is 53.3 Å². The van der Waals surface area contributed by atoms with E-state index in [1.807, 2.05) is 11.6 Å². The van der Waals surface area contributed by atoms with Gasteiger partial charge in [-0.05, 0) is 74.4 Å². The number of carbonyl (C=O) groups excluding carboxylic acids is 1. The first-order valence-electron chi connectivity index (χ1n) is 12.0. The van der Waals surface area contributed by atoms with E-state index < -0.39 is 18.1 Å². The van der Waals surface area contributed by atoms with Gasteiger partial charge in [0.15, 0.2) is 0 Å². The molecule has 0 bridgehead atoms. The number of halogens is 5. The number of aryl methyl sites for hydroxylation is 1. The predicted octanol–water partition coefficient (Wildman–Crippen LogP) is 6.41. The molecule has 0 spiro atoms. The number of piperidine rings is 1. The van der Waals surface area contributed by atoms with E-state index in [0.29, 0.717) is 36.0 Å². The fraction of sp³-hybridized carbons (Fsp3) is 0.440. The molecule has 3 aromatic rings. The highest BCUT2D eigenvalue weighted by atomic mass is 35.5. The molecule has 1 saturated carbocycles. The molecule has 2 aromatic carbocycles. The number of benzene rings is 2. The van der Waals surface area contributed by atoms with Crippen LogP contribution in [0, 0.1) is 12.7 Å². The van der Waals surface area contributed by atoms with Crippen LogP contribution in [-0.4, -0.2) is 45.3 Å². The first-order chi connectivity index (χ1) is 17.6. The van der Waals surface area contributed by atoms with Gasteiger partial charge in [-0.25, -0.2) is 4.39 Å². The third-order valence-corrected chi connectivity index (χ3v) is 7.87. The maximum absolute atomic E-state index is 14.9. The summed E-state index contributed by atoms with van der Waals surface area (Å²) in [5.74, 6) is -1.37. The molecule has 2 fully saturated rings. The molecule has 1 aliphatic carbocycles. The zero-order chi connectivity index (χ0) is 26.3. The lowest BCUT2D eigenvalue weighted by atomic mass is 10.0. The number of hydrogen-bond acceptors (Lipinski definition) is 5. The third-order valence-electron chi connectivity index (χ3n) is 6.54. The number of ether oxygens (including phenoxy) is 1. The maximum atomic E-state index is 14.9. The Morgan fingerprint density at radius 2 is 1.89 bits per heavy atom. The Kier molecular flexibility index (Phi) is 7.30. The molecule has 2 aliphatic rings. The summed E-state index contributed by atoms with van der Waals surface area (Å²) in [5.41, 5.74) is 1.99. The van der Waals surface area contributed by atoms with Gasteiger partial charge in [-0.1, -0.05) is 11.6 Å². The van der Waals surface area contributed by atoms with Gasteiger partial charge in [0.1, 0.15) is 11.6 Å². The Morgan fingerprint density at radius 3 is 2.57 bits per heavy atom. The smallest absolute Gasteiger partial charge is 0.406 e. The van der Waals surface area contributed by atoms with Crippen molar-refractivity contribution in [2.75, 3.05) is 13.1 Å². The van der Waals surface area contributed by atoms with E-state index in [9.17, 15) is 22.4 Å². The van der Waals surface area contributed by atoms with Crippen LogP contribution >= 0.6 is 23.5 Å². The van der Waals surface area contributed by atoms with Crippen molar-refractivity contribution >= 4 is 40.4 Å². The maximum Gasteiger partial charge on any atom is 0.573 e. The molecule has 1 N–H and O–H groups in total. The average Bonchev–Trinajstić information content (AvgIpc) is 3.59. The minimum Gasteiger partial charge on any atom is -0.406 e. The van der Waals surface area contributed by atoms with Gasteiger partial charge in [0.2, 0.25) is 0 Å². The Morgan fingerprint density at radius 1 is 1.16 bits per heavy atom. The molecular weight excluding hydrogens is 532 g/mol. The molecule has 1 aromatic heterocycles. The summed E-state index contributed by atoms with van der Waals surface area (Å²) in [6.07, 6.45) is -1.22. The van der Waals surface area contributed by atoms with Crippen LogP contribution in [0.3, 0.4) is 0 Å². The summed E-state index contributed by atoms with van der Waals surface area (Å²) in [7, 11) is 0. The zero-order valence-electron chi connectivity index (χ0n) is 19.9. The van der Waals surface area contributed by atoms with E-state index in [1.165, 1.54) is 24.1 Å². The highest BCUT2D eigenvalue weighted by Gasteiger charge is 2.31. The summed E-state index contributed by atoms with van der Waals surface area (Å²) < 4.78 is 61.3. The third kappa shape index (κ3) is 6.32. The van der Waals surface area contributed by atoms with Gasteiger partial charge in [0.25, 0.3) is 5.91 Å². The summed E-state index contributed by atoms with van der Waals surface area (Å²) in [6.45, 7) is 3.61. The van der Waals surface area contributed by atoms with Crippen LogP contribution in [0.2, 0.25) is 5.02 Å². The SMILES string of the molecule is Cc1nn(C2CCN(Cc3cc(Cl)cc(OC(F)(F)F)c3)CC2)c2cc(F)c(C(=O)NSC3CC3)cc12. The summed E-state index contributed by atoms with van der Waals surface area (Å²) in [5, 5.41) is 5.99. The molecule has 0 radical (unpaired) electrons. The number of amides is 1. The zero-order valence-corrected chi connectivity index (χ0v) is 21.5. The van der Waals surface area contributed by atoms with Crippen LogP contribution in [-0.2, 0) is 6.54 Å². The van der Waals surface area contributed by atoms with E-state index in [2.05, 4.69) is 19.5 Å². The van der Waals surface area contributed by atoms with Crippen molar-refractivity contribution in [3.8, 4) is 5.75 Å². The summed E-state index contributed by atoms with van der Waals surface area (Å²) in [6, 6.07) is 7.08. The molecule has 6 nitrogen and oxygen atoms in total. The number of rotatable bonds is 7. The van der Waals surface area contributed by atoms with E-state index in [-0.39, 0.29) is 22.4 Å². The van der Waals surface area contributed by atoms with Gasteiger partial charge in [0.05, 0.1) is 22.8 Å². The molecule has 37 heavy (non-hydrogen) atoms.